The molecule has 0 aromatic heterocycles. The molecule has 0 aliphatic carbocycles. The van der Waals surface area contributed by atoms with Crippen LogP contribution < -0.4 is 16.7 Å². The van der Waals surface area contributed by atoms with E-state index in [1.165, 1.54) is 6.07 Å². The van der Waals surface area contributed by atoms with Gasteiger partial charge in [-0.05, 0) is 18.2 Å². The summed E-state index contributed by atoms with van der Waals surface area (Å²) in [5.74, 6) is 0.967. The minimum atomic E-state index is -0.532. The van der Waals surface area contributed by atoms with Crippen LogP contribution in [0, 0.1) is 5.82 Å². The number of hydrogen-bond acceptors (Lipinski definition) is 6. The van der Waals surface area contributed by atoms with Crippen LogP contribution in [0.5, 0.6) is 0 Å². The van der Waals surface area contributed by atoms with Gasteiger partial charge in [0.05, 0.1) is 23.9 Å². The molecule has 0 bridgehead atoms. The lowest BCUT2D eigenvalue weighted by atomic mass is 10.0. The van der Waals surface area contributed by atoms with Crippen molar-refractivity contribution >= 4 is 23.1 Å². The number of fused-ring (bicyclic) bond motifs is 3. The molecular formula is C18H16ClFN6O. The van der Waals surface area contributed by atoms with E-state index in [0.29, 0.717) is 42.5 Å². The normalized spacial score (nSPS) is 17.0. The third-order valence-electron chi connectivity index (χ3n) is 4.80. The number of nitrogens with zero attached hydrogens (tertiary/aromatic N) is 4. The minimum absolute atomic E-state index is 0.0550. The van der Waals surface area contributed by atoms with Gasteiger partial charge in [-0.3, -0.25) is 0 Å². The summed E-state index contributed by atoms with van der Waals surface area (Å²) in [6.45, 7) is 2.60. The van der Waals surface area contributed by atoms with Crippen molar-refractivity contribution in [3.05, 3.63) is 40.9 Å². The Hall–Kier alpha value is -2.71. The fourth-order valence-electron chi connectivity index (χ4n) is 3.39. The zero-order chi connectivity index (χ0) is 18.5. The van der Waals surface area contributed by atoms with Crippen molar-refractivity contribution in [1.82, 2.24) is 14.5 Å². The SMILES string of the molecule is Nc1ccc(Cl)c(-c2cc3cnc(=NC4COC4)nc-3n3c2NCC3)c1F. The first-order chi connectivity index (χ1) is 13.1. The van der Waals surface area contributed by atoms with E-state index in [9.17, 15) is 4.39 Å². The molecule has 3 N–H and O–H groups in total. The van der Waals surface area contributed by atoms with Crippen molar-refractivity contribution in [2.45, 2.75) is 12.6 Å². The maximum atomic E-state index is 14.8. The fraction of sp³-hybridized carbons (Fsp3) is 0.278. The first-order valence-corrected chi connectivity index (χ1v) is 8.99. The summed E-state index contributed by atoms with van der Waals surface area (Å²) in [6, 6.07) is 5.01. The average molecular weight is 387 g/mol. The molecule has 4 heterocycles. The molecule has 0 amide bonds. The highest BCUT2D eigenvalue weighted by Gasteiger charge is 2.26. The Morgan fingerprint density at radius 1 is 1.37 bits per heavy atom. The lowest BCUT2D eigenvalue weighted by Gasteiger charge is -2.21. The van der Waals surface area contributed by atoms with Gasteiger partial charge in [0.2, 0.25) is 5.62 Å². The molecule has 4 aliphatic heterocycles. The summed E-state index contributed by atoms with van der Waals surface area (Å²) in [7, 11) is 0. The first kappa shape index (κ1) is 16.5. The van der Waals surface area contributed by atoms with Crippen molar-refractivity contribution < 1.29 is 9.13 Å². The molecule has 1 saturated heterocycles. The van der Waals surface area contributed by atoms with Crippen LogP contribution in [0.25, 0.3) is 22.5 Å². The van der Waals surface area contributed by atoms with Crippen LogP contribution in [-0.4, -0.2) is 40.3 Å². The zero-order valence-corrected chi connectivity index (χ0v) is 15.0. The van der Waals surface area contributed by atoms with Crippen LogP contribution in [0.15, 0.2) is 29.4 Å². The van der Waals surface area contributed by atoms with E-state index >= 15 is 0 Å². The second-order valence-corrected chi connectivity index (χ2v) is 6.99. The summed E-state index contributed by atoms with van der Waals surface area (Å²) in [5, 5.41) is 3.60. The molecular weight excluding hydrogens is 371 g/mol. The highest BCUT2D eigenvalue weighted by molar-refractivity contribution is 6.33. The number of nitrogen functional groups attached to an aromatic ring is 1. The molecule has 1 aromatic carbocycles. The largest absolute Gasteiger partial charge is 0.396 e. The smallest absolute Gasteiger partial charge is 0.247 e. The molecule has 9 heteroatoms. The Kier molecular flexibility index (Phi) is 3.76. The summed E-state index contributed by atoms with van der Waals surface area (Å²) in [4.78, 5) is 13.4. The molecule has 0 saturated carbocycles. The number of hydrogen-bond donors (Lipinski definition) is 2. The van der Waals surface area contributed by atoms with Gasteiger partial charge in [-0.15, -0.1) is 0 Å². The highest BCUT2D eigenvalue weighted by atomic mass is 35.5. The third-order valence-corrected chi connectivity index (χ3v) is 5.12. The minimum Gasteiger partial charge on any atom is -0.396 e. The van der Waals surface area contributed by atoms with E-state index in [0.717, 1.165) is 17.2 Å². The van der Waals surface area contributed by atoms with Crippen molar-refractivity contribution in [1.29, 1.82) is 0 Å². The number of ether oxygens (including phenoxy) is 1. The maximum Gasteiger partial charge on any atom is 0.247 e. The predicted molar refractivity (Wildman–Crippen MR) is 100 cm³/mol. The molecule has 27 heavy (non-hydrogen) atoms. The van der Waals surface area contributed by atoms with E-state index in [1.807, 2.05) is 10.6 Å². The van der Waals surface area contributed by atoms with Gasteiger partial charge >= 0.3 is 0 Å². The Bertz CT molecular complexity index is 1090. The first-order valence-electron chi connectivity index (χ1n) is 8.62. The number of aromatic nitrogens is 3. The molecule has 1 fully saturated rings. The second-order valence-electron chi connectivity index (χ2n) is 6.58. The van der Waals surface area contributed by atoms with Gasteiger partial charge in [-0.25, -0.2) is 14.4 Å². The number of anilines is 2. The van der Waals surface area contributed by atoms with Gasteiger partial charge in [0.1, 0.15) is 17.7 Å². The van der Waals surface area contributed by atoms with Crippen LogP contribution in [0.3, 0.4) is 0 Å². The van der Waals surface area contributed by atoms with Gasteiger partial charge in [0.25, 0.3) is 0 Å². The van der Waals surface area contributed by atoms with Crippen molar-refractivity contribution in [2.24, 2.45) is 4.99 Å². The number of nitrogens with one attached hydrogen (secondary N) is 1. The highest BCUT2D eigenvalue weighted by Crippen LogP contribution is 2.41. The number of nitrogens with two attached hydrogens (primary N) is 1. The molecule has 4 aliphatic rings. The summed E-state index contributed by atoms with van der Waals surface area (Å²) in [6.07, 6.45) is 1.70. The Morgan fingerprint density at radius 3 is 3.00 bits per heavy atom. The van der Waals surface area contributed by atoms with Crippen molar-refractivity contribution in [3.8, 4) is 22.5 Å². The van der Waals surface area contributed by atoms with Crippen LogP contribution in [-0.2, 0) is 11.3 Å². The van der Waals surface area contributed by atoms with Crippen molar-refractivity contribution in [2.75, 3.05) is 30.8 Å². The Balaban J connectivity index is 1.75. The molecule has 0 spiro atoms. The average Bonchev–Trinajstić information content (AvgIpc) is 3.12. The van der Waals surface area contributed by atoms with Crippen LogP contribution in [0.1, 0.15) is 0 Å². The number of pyridine rings is 1. The number of rotatable bonds is 2. The fourth-order valence-corrected chi connectivity index (χ4v) is 3.64. The van der Waals surface area contributed by atoms with Crippen LogP contribution in [0.4, 0.5) is 15.9 Å². The predicted octanol–water partition coefficient (Wildman–Crippen LogP) is 2.15. The molecule has 7 nitrogen and oxygen atoms in total. The van der Waals surface area contributed by atoms with E-state index in [-0.39, 0.29) is 17.3 Å². The zero-order valence-electron chi connectivity index (χ0n) is 14.2. The van der Waals surface area contributed by atoms with Gasteiger partial charge < -0.3 is 20.4 Å². The van der Waals surface area contributed by atoms with E-state index in [2.05, 4.69) is 20.3 Å². The molecule has 1 aromatic rings. The Labute approximate surface area is 159 Å². The number of benzene rings is 1. The van der Waals surface area contributed by atoms with E-state index in [1.54, 1.807) is 12.3 Å². The van der Waals surface area contributed by atoms with E-state index in [4.69, 9.17) is 22.1 Å². The molecule has 138 valence electrons. The van der Waals surface area contributed by atoms with Gasteiger partial charge in [0, 0.05) is 36.0 Å². The van der Waals surface area contributed by atoms with Crippen LogP contribution in [0.2, 0.25) is 5.02 Å². The monoisotopic (exact) mass is 386 g/mol. The summed E-state index contributed by atoms with van der Waals surface area (Å²) < 4.78 is 21.9. The molecule has 0 radical (unpaired) electrons. The lowest BCUT2D eigenvalue weighted by Crippen LogP contribution is -2.34. The number of halogens is 2. The van der Waals surface area contributed by atoms with Crippen molar-refractivity contribution in [3.63, 3.8) is 0 Å². The summed E-state index contributed by atoms with van der Waals surface area (Å²) >= 11 is 6.30. The molecule has 0 atom stereocenters. The maximum absolute atomic E-state index is 14.8. The van der Waals surface area contributed by atoms with Gasteiger partial charge in [-0.2, -0.15) is 4.98 Å². The quantitative estimate of drug-likeness (QED) is 0.658. The van der Waals surface area contributed by atoms with Gasteiger partial charge in [0.15, 0.2) is 5.82 Å². The van der Waals surface area contributed by atoms with Crippen LogP contribution >= 0.6 is 11.6 Å². The second kappa shape index (κ2) is 6.17. The molecule has 5 rings (SSSR count). The third kappa shape index (κ3) is 2.64. The molecule has 0 unspecified atom stereocenters. The van der Waals surface area contributed by atoms with E-state index < -0.39 is 5.82 Å². The van der Waals surface area contributed by atoms with Gasteiger partial charge in [-0.1, -0.05) is 11.6 Å². The lowest BCUT2D eigenvalue weighted by molar-refractivity contribution is 0.0112. The topological polar surface area (TPSA) is 90.3 Å². The Morgan fingerprint density at radius 2 is 2.22 bits per heavy atom. The standard InChI is InChI=1S/C18H16ClFN6O/c19-12-1-2-13(21)15(20)14(12)11-5-9-6-23-18(24-10-7-27-8-10)25-16(9)26-4-3-22-17(11)26/h1-2,5-6,10,22H,3-4,7-8,21H2. The summed E-state index contributed by atoms with van der Waals surface area (Å²) in [5.41, 5.74) is 7.93.